The van der Waals surface area contributed by atoms with Gasteiger partial charge in [-0.2, -0.15) is 5.26 Å². The molecule has 1 aromatic carbocycles. The molecule has 110 valence electrons. The van der Waals surface area contributed by atoms with Crippen LogP contribution < -0.4 is 10.1 Å². The summed E-state index contributed by atoms with van der Waals surface area (Å²) in [4.78, 5) is 1.37. The van der Waals surface area contributed by atoms with E-state index in [1.54, 1.807) is 11.3 Å². The van der Waals surface area contributed by atoms with Gasteiger partial charge in [0, 0.05) is 17.0 Å². The lowest BCUT2D eigenvalue weighted by Crippen LogP contribution is -2.23. The lowest BCUT2D eigenvalue weighted by Gasteiger charge is -2.22. The molecule has 0 amide bonds. The number of nitriles is 1. The first kappa shape index (κ1) is 15.6. The maximum Gasteiger partial charge on any atom is 0.174 e. The molecule has 0 saturated carbocycles. The summed E-state index contributed by atoms with van der Waals surface area (Å²) in [5.74, 6) is 0.734. The van der Waals surface area contributed by atoms with Gasteiger partial charge in [-0.25, -0.2) is 0 Å². The van der Waals surface area contributed by atoms with Crippen molar-refractivity contribution in [3.05, 3.63) is 52.2 Å². The van der Waals surface area contributed by atoms with Crippen LogP contribution in [0.1, 0.15) is 42.8 Å². The summed E-state index contributed by atoms with van der Waals surface area (Å²) in [6.07, 6.45) is 1.06. The summed E-state index contributed by atoms with van der Waals surface area (Å²) < 4.78 is 5.27. The Bertz CT molecular complexity index is 572. The van der Waals surface area contributed by atoms with Gasteiger partial charge in [-0.05, 0) is 42.5 Å². The molecule has 2 aromatic rings. The molecular formula is C17H20N2OS. The molecule has 0 aliphatic carbocycles. The molecule has 1 heterocycles. The Morgan fingerprint density at radius 2 is 2.05 bits per heavy atom. The predicted molar refractivity (Wildman–Crippen MR) is 86.5 cm³/mol. The second-order valence-corrected chi connectivity index (χ2v) is 5.86. The third kappa shape index (κ3) is 4.32. The van der Waals surface area contributed by atoms with Gasteiger partial charge in [0.15, 0.2) is 6.61 Å². The first-order chi connectivity index (χ1) is 10.2. The Balaban J connectivity index is 1.99. The number of ether oxygens (including phenoxy) is 1. The van der Waals surface area contributed by atoms with Crippen molar-refractivity contribution < 1.29 is 4.74 Å². The van der Waals surface area contributed by atoms with Crippen molar-refractivity contribution in [1.82, 2.24) is 5.32 Å². The molecule has 2 atom stereocenters. The first-order valence-electron chi connectivity index (χ1n) is 7.13. The van der Waals surface area contributed by atoms with Gasteiger partial charge < -0.3 is 10.1 Å². The molecule has 0 saturated heterocycles. The zero-order chi connectivity index (χ0) is 15.1. The van der Waals surface area contributed by atoms with Crippen LogP contribution in [0.4, 0.5) is 0 Å². The van der Waals surface area contributed by atoms with E-state index in [2.05, 4.69) is 36.7 Å². The van der Waals surface area contributed by atoms with E-state index in [0.717, 1.165) is 12.2 Å². The second kappa shape index (κ2) is 7.82. The predicted octanol–water partition coefficient (Wildman–Crippen LogP) is 4.45. The molecule has 0 bridgehead atoms. The van der Waals surface area contributed by atoms with Crippen LogP contribution >= 0.6 is 11.3 Å². The highest BCUT2D eigenvalue weighted by molar-refractivity contribution is 7.10. The number of thiophene rings is 1. The minimum atomic E-state index is 0.0867. The Morgan fingerprint density at radius 3 is 2.62 bits per heavy atom. The van der Waals surface area contributed by atoms with E-state index >= 15 is 0 Å². The number of hydrogen-bond acceptors (Lipinski definition) is 4. The fourth-order valence-electron chi connectivity index (χ4n) is 2.26. The number of rotatable bonds is 7. The van der Waals surface area contributed by atoms with Crippen molar-refractivity contribution in [3.63, 3.8) is 0 Å². The normalized spacial score (nSPS) is 13.4. The van der Waals surface area contributed by atoms with Crippen molar-refractivity contribution >= 4 is 11.3 Å². The van der Waals surface area contributed by atoms with Crippen molar-refractivity contribution in [2.75, 3.05) is 6.61 Å². The van der Waals surface area contributed by atoms with E-state index in [-0.39, 0.29) is 12.6 Å². The van der Waals surface area contributed by atoms with Gasteiger partial charge in [-0.3, -0.25) is 0 Å². The smallest absolute Gasteiger partial charge is 0.174 e. The first-order valence-corrected chi connectivity index (χ1v) is 8.01. The Morgan fingerprint density at radius 1 is 1.29 bits per heavy atom. The fourth-order valence-corrected chi connectivity index (χ4v) is 3.13. The largest absolute Gasteiger partial charge is 0.479 e. The average molecular weight is 300 g/mol. The number of nitrogens with one attached hydrogen (secondary N) is 1. The summed E-state index contributed by atoms with van der Waals surface area (Å²) in [6.45, 7) is 4.45. The molecule has 0 fully saturated rings. The van der Waals surface area contributed by atoms with Gasteiger partial charge in [-0.15, -0.1) is 11.3 Å². The third-order valence-corrected chi connectivity index (χ3v) is 4.42. The van der Waals surface area contributed by atoms with Crippen LogP contribution in [0.2, 0.25) is 0 Å². The molecule has 1 N–H and O–H groups in total. The molecular weight excluding hydrogens is 280 g/mol. The Hall–Kier alpha value is -1.83. The van der Waals surface area contributed by atoms with E-state index in [4.69, 9.17) is 10.00 Å². The van der Waals surface area contributed by atoms with Crippen molar-refractivity contribution in [2.45, 2.75) is 32.4 Å². The zero-order valence-electron chi connectivity index (χ0n) is 12.4. The number of hydrogen-bond donors (Lipinski definition) is 1. The Kier molecular flexibility index (Phi) is 5.79. The van der Waals surface area contributed by atoms with Gasteiger partial charge in [0.1, 0.15) is 11.8 Å². The van der Waals surface area contributed by atoms with Crippen molar-refractivity contribution in [2.24, 2.45) is 0 Å². The molecule has 4 heteroatoms. The maximum absolute atomic E-state index is 8.50. The molecule has 0 spiro atoms. The van der Waals surface area contributed by atoms with E-state index in [1.807, 2.05) is 30.3 Å². The second-order valence-electron chi connectivity index (χ2n) is 4.88. The summed E-state index contributed by atoms with van der Waals surface area (Å²) in [5.41, 5.74) is 1.22. The van der Waals surface area contributed by atoms with Gasteiger partial charge in [-0.1, -0.05) is 25.1 Å². The SMILES string of the molecule is CCC(NC(C)c1ccc(OCC#N)cc1)c1cccs1. The van der Waals surface area contributed by atoms with E-state index in [1.165, 1.54) is 10.4 Å². The van der Waals surface area contributed by atoms with Crippen molar-refractivity contribution in [3.8, 4) is 11.8 Å². The van der Waals surface area contributed by atoms with Crippen LogP contribution in [-0.4, -0.2) is 6.61 Å². The monoisotopic (exact) mass is 300 g/mol. The summed E-state index contributed by atoms with van der Waals surface area (Å²) >= 11 is 1.79. The van der Waals surface area contributed by atoms with Crippen molar-refractivity contribution in [1.29, 1.82) is 5.26 Å². The lowest BCUT2D eigenvalue weighted by molar-refractivity contribution is 0.367. The summed E-state index contributed by atoms with van der Waals surface area (Å²) in [6, 6.07) is 14.8. The zero-order valence-corrected chi connectivity index (χ0v) is 13.2. The highest BCUT2D eigenvalue weighted by Gasteiger charge is 2.14. The minimum Gasteiger partial charge on any atom is -0.479 e. The number of nitrogens with zero attached hydrogens (tertiary/aromatic N) is 1. The van der Waals surface area contributed by atoms with Gasteiger partial charge >= 0.3 is 0 Å². The summed E-state index contributed by atoms with van der Waals surface area (Å²) in [7, 11) is 0. The third-order valence-electron chi connectivity index (χ3n) is 3.43. The van der Waals surface area contributed by atoms with Crippen LogP contribution in [0.15, 0.2) is 41.8 Å². The quantitative estimate of drug-likeness (QED) is 0.821. The van der Waals surface area contributed by atoms with E-state index < -0.39 is 0 Å². The highest BCUT2D eigenvalue weighted by atomic mass is 32.1. The van der Waals surface area contributed by atoms with Crippen LogP contribution in [0.3, 0.4) is 0 Å². The topological polar surface area (TPSA) is 45.0 Å². The lowest BCUT2D eigenvalue weighted by atomic mass is 10.1. The van der Waals surface area contributed by atoms with Crippen LogP contribution in [0.5, 0.6) is 5.75 Å². The molecule has 0 aliphatic heterocycles. The minimum absolute atomic E-state index is 0.0867. The van der Waals surface area contributed by atoms with Gasteiger partial charge in [0.25, 0.3) is 0 Å². The van der Waals surface area contributed by atoms with Crippen LogP contribution in [0, 0.1) is 11.3 Å². The highest BCUT2D eigenvalue weighted by Crippen LogP contribution is 2.26. The maximum atomic E-state index is 8.50. The van der Waals surface area contributed by atoms with Gasteiger partial charge in [0.2, 0.25) is 0 Å². The van der Waals surface area contributed by atoms with Crippen LogP contribution in [-0.2, 0) is 0 Å². The fraction of sp³-hybridized carbons (Fsp3) is 0.353. The summed E-state index contributed by atoms with van der Waals surface area (Å²) in [5, 5.41) is 14.3. The molecule has 0 aliphatic rings. The Labute approximate surface area is 130 Å². The standard InChI is InChI=1S/C17H20N2OS/c1-3-16(17-5-4-12-21-17)19-13(2)14-6-8-15(9-7-14)20-11-10-18/h4-9,12-13,16,19H,3,11H2,1-2H3. The molecule has 2 rings (SSSR count). The van der Waals surface area contributed by atoms with E-state index in [0.29, 0.717) is 6.04 Å². The van der Waals surface area contributed by atoms with E-state index in [9.17, 15) is 0 Å². The molecule has 1 aromatic heterocycles. The molecule has 3 nitrogen and oxygen atoms in total. The average Bonchev–Trinajstić information content (AvgIpc) is 3.05. The van der Waals surface area contributed by atoms with Crippen LogP contribution in [0.25, 0.3) is 0 Å². The number of benzene rings is 1. The molecule has 2 unspecified atom stereocenters. The van der Waals surface area contributed by atoms with Gasteiger partial charge in [0.05, 0.1) is 0 Å². The molecule has 21 heavy (non-hydrogen) atoms. The molecule has 0 radical (unpaired) electrons.